The molecule has 0 radical (unpaired) electrons. The van der Waals surface area contributed by atoms with Gasteiger partial charge in [-0.05, 0) is 77.1 Å². The van der Waals surface area contributed by atoms with E-state index >= 15 is 0 Å². The summed E-state index contributed by atoms with van der Waals surface area (Å²) in [5, 5.41) is 0. The molecule has 0 heterocycles. The Morgan fingerprint density at radius 3 is 1.03 bits per heavy atom. The summed E-state index contributed by atoms with van der Waals surface area (Å²) in [5.74, 6) is 0.798. The molecule has 0 N–H and O–H groups in total. The van der Waals surface area contributed by atoms with Crippen LogP contribution in [0.25, 0.3) is 0 Å². The average Bonchev–Trinajstić information content (AvgIpc) is 2.81. The zero-order valence-electron chi connectivity index (χ0n) is 20.7. The van der Waals surface area contributed by atoms with E-state index in [9.17, 15) is 0 Å². The van der Waals surface area contributed by atoms with Gasteiger partial charge in [0.1, 0.15) is 0 Å². The van der Waals surface area contributed by atoms with Crippen LogP contribution in [0.2, 0.25) is 0 Å². The smallest absolute Gasteiger partial charge is 0.00614 e. The quantitative estimate of drug-likeness (QED) is 0.347. The van der Waals surface area contributed by atoms with Gasteiger partial charge in [0.15, 0.2) is 0 Å². The Morgan fingerprint density at radius 2 is 0.742 bits per heavy atom. The molecule has 0 saturated heterocycles. The van der Waals surface area contributed by atoms with Gasteiger partial charge in [0, 0.05) is 11.8 Å². The number of aryl methyl sites for hydroxylation is 5. The Balaban J connectivity index is 2.00. The zero-order valence-corrected chi connectivity index (χ0v) is 20.7. The highest BCUT2D eigenvalue weighted by Crippen LogP contribution is 2.32. The summed E-state index contributed by atoms with van der Waals surface area (Å²) in [6.07, 6.45) is 4.38. The van der Waals surface area contributed by atoms with Crippen LogP contribution in [-0.2, 0) is 25.7 Å². The van der Waals surface area contributed by atoms with E-state index < -0.39 is 0 Å². The van der Waals surface area contributed by atoms with Gasteiger partial charge in [0.25, 0.3) is 0 Å². The third-order valence-corrected chi connectivity index (χ3v) is 6.90. The molecule has 0 fully saturated rings. The summed E-state index contributed by atoms with van der Waals surface area (Å²) in [6.45, 7) is 16.0. The van der Waals surface area contributed by atoms with E-state index in [2.05, 4.69) is 103 Å². The van der Waals surface area contributed by atoms with E-state index in [0.717, 1.165) is 25.7 Å². The minimum Gasteiger partial charge on any atom is -0.0613 e. The van der Waals surface area contributed by atoms with E-state index in [1.165, 1.54) is 50.1 Å². The van der Waals surface area contributed by atoms with E-state index in [1.807, 2.05) is 0 Å². The summed E-state index contributed by atoms with van der Waals surface area (Å²) in [4.78, 5) is 0. The van der Waals surface area contributed by atoms with Crippen molar-refractivity contribution in [1.29, 1.82) is 0 Å². The van der Waals surface area contributed by atoms with Gasteiger partial charge in [0.05, 0.1) is 0 Å². The van der Waals surface area contributed by atoms with Gasteiger partial charge in [-0.15, -0.1) is 0 Å². The molecular formula is C31H40. The normalized spacial score (nSPS) is 13.3. The van der Waals surface area contributed by atoms with Gasteiger partial charge >= 0.3 is 0 Å². The fourth-order valence-electron chi connectivity index (χ4n) is 4.63. The summed E-state index contributed by atoms with van der Waals surface area (Å²) in [6, 6.07) is 21.6. The van der Waals surface area contributed by atoms with Gasteiger partial charge < -0.3 is 0 Å². The lowest BCUT2D eigenvalue weighted by Gasteiger charge is -2.20. The maximum Gasteiger partial charge on any atom is 0.00614 e. The molecule has 0 bridgehead atoms. The fourth-order valence-corrected chi connectivity index (χ4v) is 4.63. The third kappa shape index (κ3) is 5.48. The monoisotopic (exact) mass is 412 g/mol. The summed E-state index contributed by atoms with van der Waals surface area (Å²) >= 11 is 0. The molecule has 3 aromatic rings. The molecule has 3 rings (SSSR count). The molecule has 0 heteroatoms. The number of hydrogen-bond acceptors (Lipinski definition) is 0. The molecule has 2 atom stereocenters. The Labute approximate surface area is 190 Å². The van der Waals surface area contributed by atoms with Crippen molar-refractivity contribution in [2.75, 3.05) is 0 Å². The van der Waals surface area contributed by atoms with Gasteiger partial charge in [0.2, 0.25) is 0 Å². The molecule has 0 unspecified atom stereocenters. The lowest BCUT2D eigenvalue weighted by atomic mass is 9.84. The van der Waals surface area contributed by atoms with Crippen molar-refractivity contribution < 1.29 is 0 Å². The standard InChI is InChI=1S/C31H40/c1-8-24-14-25(9-2)17-30(16-24)22(6)28-12-21(5)13-29(20-28)23(7)31-18-26(10-3)15-27(11-4)19-31/h12-20,22-23H,8-11H2,1-7H3/t22-,23-/m1/s1. The first kappa shape index (κ1) is 23.3. The lowest BCUT2D eigenvalue weighted by Crippen LogP contribution is -2.04. The van der Waals surface area contributed by atoms with Gasteiger partial charge in [-0.2, -0.15) is 0 Å². The second-order valence-electron chi connectivity index (χ2n) is 9.20. The predicted molar refractivity (Wildman–Crippen MR) is 137 cm³/mol. The van der Waals surface area contributed by atoms with E-state index in [0.29, 0.717) is 11.8 Å². The van der Waals surface area contributed by atoms with Crippen LogP contribution in [0.15, 0.2) is 54.6 Å². The molecular weight excluding hydrogens is 372 g/mol. The topological polar surface area (TPSA) is 0 Å². The van der Waals surface area contributed by atoms with Gasteiger partial charge in [-0.1, -0.05) is 102 Å². The highest BCUT2D eigenvalue weighted by molar-refractivity contribution is 5.44. The Bertz CT molecular complexity index is 900. The van der Waals surface area contributed by atoms with Crippen molar-refractivity contribution in [3.63, 3.8) is 0 Å². The number of benzene rings is 3. The van der Waals surface area contributed by atoms with Crippen molar-refractivity contribution in [3.8, 4) is 0 Å². The Kier molecular flexibility index (Phi) is 7.76. The minimum atomic E-state index is 0.399. The van der Waals surface area contributed by atoms with Crippen molar-refractivity contribution in [1.82, 2.24) is 0 Å². The fraction of sp³-hybridized carbons (Fsp3) is 0.419. The van der Waals surface area contributed by atoms with Crippen molar-refractivity contribution in [3.05, 3.63) is 105 Å². The van der Waals surface area contributed by atoms with Crippen LogP contribution >= 0.6 is 0 Å². The van der Waals surface area contributed by atoms with Crippen LogP contribution in [0.1, 0.15) is 103 Å². The van der Waals surface area contributed by atoms with Gasteiger partial charge in [-0.25, -0.2) is 0 Å². The van der Waals surface area contributed by atoms with Crippen LogP contribution in [0.3, 0.4) is 0 Å². The Morgan fingerprint density at radius 1 is 0.452 bits per heavy atom. The first-order valence-corrected chi connectivity index (χ1v) is 12.2. The predicted octanol–water partition coefficient (Wildman–Crippen LogP) is 8.55. The largest absolute Gasteiger partial charge is 0.0613 e. The molecule has 0 aliphatic rings. The Hall–Kier alpha value is -2.34. The maximum absolute atomic E-state index is 2.46. The highest BCUT2D eigenvalue weighted by Gasteiger charge is 2.16. The highest BCUT2D eigenvalue weighted by atomic mass is 14.2. The second kappa shape index (κ2) is 10.3. The maximum atomic E-state index is 2.46. The first-order chi connectivity index (χ1) is 14.9. The van der Waals surface area contributed by atoms with Crippen LogP contribution in [0.4, 0.5) is 0 Å². The van der Waals surface area contributed by atoms with Gasteiger partial charge in [-0.3, -0.25) is 0 Å². The molecule has 0 aliphatic heterocycles. The van der Waals surface area contributed by atoms with E-state index in [4.69, 9.17) is 0 Å². The molecule has 3 aromatic carbocycles. The molecule has 0 saturated carbocycles. The summed E-state index contributed by atoms with van der Waals surface area (Å²) in [7, 11) is 0. The molecule has 164 valence electrons. The zero-order chi connectivity index (χ0) is 22.5. The van der Waals surface area contributed by atoms with Crippen LogP contribution in [0.5, 0.6) is 0 Å². The summed E-state index contributed by atoms with van der Waals surface area (Å²) in [5.41, 5.74) is 12.9. The van der Waals surface area contributed by atoms with Crippen molar-refractivity contribution in [2.45, 2.75) is 86.0 Å². The van der Waals surface area contributed by atoms with E-state index in [-0.39, 0.29) is 0 Å². The second-order valence-corrected chi connectivity index (χ2v) is 9.20. The molecule has 0 aliphatic carbocycles. The SMILES string of the molecule is CCc1cc(CC)cc([C@H](C)c2cc(C)cc([C@@H](C)c3cc(CC)cc(CC)c3)c2)c1. The third-order valence-electron chi connectivity index (χ3n) is 6.90. The summed E-state index contributed by atoms with van der Waals surface area (Å²) < 4.78 is 0. The lowest BCUT2D eigenvalue weighted by molar-refractivity contribution is 0.873. The number of hydrogen-bond donors (Lipinski definition) is 0. The minimum absolute atomic E-state index is 0.399. The van der Waals surface area contributed by atoms with Crippen molar-refractivity contribution >= 4 is 0 Å². The molecule has 0 amide bonds. The number of rotatable bonds is 8. The molecule has 0 nitrogen and oxygen atoms in total. The van der Waals surface area contributed by atoms with Crippen molar-refractivity contribution in [2.24, 2.45) is 0 Å². The molecule has 31 heavy (non-hydrogen) atoms. The molecule has 0 spiro atoms. The van der Waals surface area contributed by atoms with Crippen LogP contribution in [0, 0.1) is 6.92 Å². The van der Waals surface area contributed by atoms with Crippen LogP contribution in [-0.4, -0.2) is 0 Å². The van der Waals surface area contributed by atoms with Crippen LogP contribution < -0.4 is 0 Å². The molecule has 0 aromatic heterocycles. The van der Waals surface area contributed by atoms with E-state index in [1.54, 1.807) is 0 Å². The average molecular weight is 413 g/mol. The first-order valence-electron chi connectivity index (χ1n) is 12.2.